The normalized spacial score (nSPS) is 23.1. The predicted molar refractivity (Wildman–Crippen MR) is 104 cm³/mol. The molecule has 0 aliphatic carbocycles. The van der Waals surface area contributed by atoms with Crippen molar-refractivity contribution in [1.82, 2.24) is 14.8 Å². The number of piperidine rings is 2. The van der Waals surface area contributed by atoms with Crippen LogP contribution in [-0.4, -0.2) is 58.7 Å². The number of halogens is 1. The van der Waals surface area contributed by atoms with Crippen molar-refractivity contribution >= 4 is 10.9 Å². The van der Waals surface area contributed by atoms with Crippen molar-refractivity contribution in [1.29, 1.82) is 0 Å². The first-order chi connectivity index (χ1) is 13.1. The molecule has 146 valence electrons. The molecule has 1 unspecified atom stereocenters. The molecule has 0 bridgehead atoms. The van der Waals surface area contributed by atoms with Crippen LogP contribution >= 0.6 is 0 Å². The molecule has 2 fully saturated rings. The fourth-order valence-corrected chi connectivity index (χ4v) is 4.64. The number of hydrogen-bond donors (Lipinski definition) is 2. The fraction of sp³-hybridized carbons (Fsp3) is 0.571. The molecule has 2 N–H and O–H groups in total. The number of hydrogen-bond acceptors (Lipinski definition) is 4. The van der Waals surface area contributed by atoms with E-state index in [9.17, 15) is 14.3 Å². The standard InChI is InChI=1S/C21H28FN3O2/c22-19-5-1-4-18-20(27)11-16(23-21(18)19)13-24-9-6-17(7-10-24)25-8-2-3-15(12-25)14-26/h1,4-5,11,15,17,26H,2-3,6-10,12-14H2,(H,23,27). The quantitative estimate of drug-likeness (QED) is 0.864. The average molecular weight is 373 g/mol. The van der Waals surface area contributed by atoms with Crippen molar-refractivity contribution in [2.24, 2.45) is 5.92 Å². The first-order valence-corrected chi connectivity index (χ1v) is 10.0. The number of para-hydroxylation sites is 1. The van der Waals surface area contributed by atoms with Gasteiger partial charge in [0.2, 0.25) is 0 Å². The third-order valence-electron chi connectivity index (χ3n) is 6.15. The topological polar surface area (TPSA) is 59.6 Å². The molecular weight excluding hydrogens is 345 g/mol. The van der Waals surface area contributed by atoms with Crippen LogP contribution in [0.15, 0.2) is 29.1 Å². The molecule has 0 spiro atoms. The van der Waals surface area contributed by atoms with Gasteiger partial charge in [-0.15, -0.1) is 0 Å². The summed E-state index contributed by atoms with van der Waals surface area (Å²) in [5.74, 6) is 0.0445. The zero-order chi connectivity index (χ0) is 18.8. The zero-order valence-corrected chi connectivity index (χ0v) is 15.7. The Morgan fingerprint density at radius 2 is 2.00 bits per heavy atom. The van der Waals surface area contributed by atoms with Gasteiger partial charge in [-0.1, -0.05) is 6.07 Å². The fourth-order valence-electron chi connectivity index (χ4n) is 4.64. The molecule has 5 nitrogen and oxygen atoms in total. The number of likely N-dealkylation sites (tertiary alicyclic amines) is 2. The lowest BCUT2D eigenvalue weighted by Crippen LogP contribution is -2.48. The van der Waals surface area contributed by atoms with Crippen molar-refractivity contribution in [2.75, 3.05) is 32.8 Å². The highest BCUT2D eigenvalue weighted by Gasteiger charge is 2.28. The largest absolute Gasteiger partial charge is 0.396 e. The summed E-state index contributed by atoms with van der Waals surface area (Å²) in [5, 5.41) is 9.84. The van der Waals surface area contributed by atoms with Crippen LogP contribution in [0.4, 0.5) is 4.39 Å². The number of pyridine rings is 1. The number of fused-ring (bicyclic) bond motifs is 1. The van der Waals surface area contributed by atoms with Gasteiger partial charge in [0.05, 0.1) is 5.52 Å². The lowest BCUT2D eigenvalue weighted by atomic mass is 9.94. The number of benzene rings is 1. The Labute approximate surface area is 158 Å². The summed E-state index contributed by atoms with van der Waals surface area (Å²) in [6, 6.07) is 6.80. The van der Waals surface area contributed by atoms with E-state index in [-0.39, 0.29) is 11.2 Å². The van der Waals surface area contributed by atoms with Gasteiger partial charge in [-0.05, 0) is 50.3 Å². The molecule has 1 aromatic carbocycles. The number of nitrogens with zero attached hydrogens (tertiary/aromatic N) is 2. The first-order valence-electron chi connectivity index (χ1n) is 10.0. The van der Waals surface area contributed by atoms with Gasteiger partial charge in [0.15, 0.2) is 5.43 Å². The Morgan fingerprint density at radius 1 is 1.19 bits per heavy atom. The third kappa shape index (κ3) is 4.08. The molecule has 6 heteroatoms. The third-order valence-corrected chi connectivity index (χ3v) is 6.15. The van der Waals surface area contributed by atoms with E-state index in [1.165, 1.54) is 12.5 Å². The van der Waals surface area contributed by atoms with Crippen LogP contribution in [0.5, 0.6) is 0 Å². The Morgan fingerprint density at radius 3 is 2.78 bits per heavy atom. The summed E-state index contributed by atoms with van der Waals surface area (Å²) < 4.78 is 14.0. The van der Waals surface area contributed by atoms with E-state index >= 15 is 0 Å². The van der Waals surface area contributed by atoms with Crippen LogP contribution < -0.4 is 5.43 Å². The minimum absolute atomic E-state index is 0.128. The van der Waals surface area contributed by atoms with Gasteiger partial charge < -0.3 is 10.1 Å². The number of nitrogens with one attached hydrogen (secondary N) is 1. The van der Waals surface area contributed by atoms with E-state index in [4.69, 9.17) is 0 Å². The van der Waals surface area contributed by atoms with Crippen molar-refractivity contribution < 1.29 is 9.50 Å². The molecule has 1 aromatic heterocycles. The monoisotopic (exact) mass is 373 g/mol. The molecule has 2 saturated heterocycles. The Bertz CT molecular complexity index is 845. The van der Waals surface area contributed by atoms with Crippen molar-refractivity contribution in [3.8, 4) is 0 Å². The maximum atomic E-state index is 14.0. The Kier molecular flexibility index (Phi) is 5.57. The second kappa shape index (κ2) is 8.09. The first kappa shape index (κ1) is 18.6. The number of aromatic nitrogens is 1. The van der Waals surface area contributed by atoms with E-state index in [1.54, 1.807) is 18.2 Å². The van der Waals surface area contributed by atoms with Crippen molar-refractivity contribution in [3.63, 3.8) is 0 Å². The minimum Gasteiger partial charge on any atom is -0.396 e. The van der Waals surface area contributed by atoms with E-state index in [0.29, 0.717) is 36.0 Å². The predicted octanol–water partition coefficient (Wildman–Crippen LogP) is 2.34. The number of rotatable bonds is 4. The Balaban J connectivity index is 1.39. The maximum Gasteiger partial charge on any atom is 0.189 e. The molecule has 0 amide bonds. The molecule has 1 atom stereocenters. The van der Waals surface area contributed by atoms with Crippen LogP contribution in [0.3, 0.4) is 0 Å². The summed E-state index contributed by atoms with van der Waals surface area (Å²) in [5.41, 5.74) is 0.948. The summed E-state index contributed by atoms with van der Waals surface area (Å²) in [6.07, 6.45) is 4.52. The van der Waals surface area contributed by atoms with Gasteiger partial charge in [0, 0.05) is 56.0 Å². The van der Waals surface area contributed by atoms with Crippen molar-refractivity contribution in [3.05, 3.63) is 46.0 Å². The zero-order valence-electron chi connectivity index (χ0n) is 15.7. The molecule has 2 aliphatic rings. The van der Waals surface area contributed by atoms with Gasteiger partial charge in [0.25, 0.3) is 0 Å². The molecule has 3 heterocycles. The van der Waals surface area contributed by atoms with Gasteiger partial charge in [-0.3, -0.25) is 14.6 Å². The van der Waals surface area contributed by atoms with Crippen molar-refractivity contribution in [2.45, 2.75) is 38.3 Å². The second-order valence-corrected chi connectivity index (χ2v) is 8.01. The lowest BCUT2D eigenvalue weighted by Gasteiger charge is -2.42. The van der Waals surface area contributed by atoms with Crippen LogP contribution in [0.1, 0.15) is 31.4 Å². The minimum atomic E-state index is -0.381. The highest BCUT2D eigenvalue weighted by Crippen LogP contribution is 2.24. The smallest absolute Gasteiger partial charge is 0.189 e. The Hall–Kier alpha value is -1.76. The molecule has 0 saturated carbocycles. The molecule has 27 heavy (non-hydrogen) atoms. The van der Waals surface area contributed by atoms with Crippen LogP contribution in [0, 0.1) is 11.7 Å². The number of aliphatic hydroxyl groups excluding tert-OH is 1. The van der Waals surface area contributed by atoms with Crippen LogP contribution in [0.2, 0.25) is 0 Å². The SMILES string of the molecule is O=c1cc(CN2CCC(N3CCCC(CO)C3)CC2)[nH]c2c(F)cccc12. The highest BCUT2D eigenvalue weighted by atomic mass is 19.1. The van der Waals surface area contributed by atoms with Gasteiger partial charge in [0.1, 0.15) is 5.82 Å². The summed E-state index contributed by atoms with van der Waals surface area (Å²) in [7, 11) is 0. The summed E-state index contributed by atoms with van der Waals surface area (Å²) in [4.78, 5) is 20.3. The molecule has 4 rings (SSSR count). The van der Waals surface area contributed by atoms with Gasteiger partial charge in [-0.2, -0.15) is 0 Å². The van der Waals surface area contributed by atoms with Gasteiger partial charge >= 0.3 is 0 Å². The molecular formula is C21H28FN3O2. The summed E-state index contributed by atoms with van der Waals surface area (Å²) in [6.45, 7) is 5.04. The maximum absolute atomic E-state index is 14.0. The highest BCUT2D eigenvalue weighted by molar-refractivity contribution is 5.78. The average Bonchev–Trinajstić information content (AvgIpc) is 2.69. The lowest BCUT2D eigenvalue weighted by molar-refractivity contribution is 0.0524. The number of H-pyrrole nitrogens is 1. The molecule has 0 radical (unpaired) electrons. The van der Waals surface area contributed by atoms with E-state index in [1.807, 2.05) is 0 Å². The molecule has 2 aliphatic heterocycles. The number of aliphatic hydroxyl groups is 1. The summed E-state index contributed by atoms with van der Waals surface area (Å²) >= 11 is 0. The molecule has 2 aromatic rings. The van der Waals surface area contributed by atoms with Gasteiger partial charge in [-0.25, -0.2) is 4.39 Å². The van der Waals surface area contributed by atoms with Crippen LogP contribution in [-0.2, 0) is 6.54 Å². The van der Waals surface area contributed by atoms with E-state index < -0.39 is 0 Å². The van der Waals surface area contributed by atoms with Crippen LogP contribution in [0.25, 0.3) is 10.9 Å². The van der Waals surface area contributed by atoms with E-state index in [0.717, 1.165) is 51.1 Å². The number of aromatic amines is 1. The van der Waals surface area contributed by atoms with E-state index in [2.05, 4.69) is 14.8 Å². The second-order valence-electron chi connectivity index (χ2n) is 8.01.